The van der Waals surface area contributed by atoms with Crippen LogP contribution in [-0.2, 0) is 4.79 Å². The lowest BCUT2D eigenvalue weighted by molar-refractivity contribution is -0.130. The number of aryl methyl sites for hydroxylation is 1. The van der Waals surface area contributed by atoms with Crippen molar-refractivity contribution in [3.8, 4) is 0 Å². The van der Waals surface area contributed by atoms with E-state index in [-0.39, 0.29) is 18.1 Å². The quantitative estimate of drug-likeness (QED) is 0.862. The van der Waals surface area contributed by atoms with Crippen molar-refractivity contribution in [3.05, 3.63) is 35.4 Å². The summed E-state index contributed by atoms with van der Waals surface area (Å²) in [6.45, 7) is 7.24. The van der Waals surface area contributed by atoms with Crippen LogP contribution in [0, 0.1) is 6.92 Å². The molecule has 3 heteroatoms. The van der Waals surface area contributed by atoms with Crippen molar-refractivity contribution in [2.75, 3.05) is 6.54 Å². The zero-order chi connectivity index (χ0) is 14.5. The molecule has 0 aromatic heterocycles. The van der Waals surface area contributed by atoms with E-state index in [2.05, 4.69) is 50.4 Å². The summed E-state index contributed by atoms with van der Waals surface area (Å²) < 4.78 is 0. The van der Waals surface area contributed by atoms with Gasteiger partial charge in [0.25, 0.3) is 0 Å². The molecular weight excluding hydrogens is 248 g/mol. The number of carbonyl (C=O) groups excluding carboxylic acids is 1. The van der Waals surface area contributed by atoms with Gasteiger partial charge in [0.1, 0.15) is 6.17 Å². The highest BCUT2D eigenvalue weighted by Gasteiger charge is 2.38. The third-order valence-corrected chi connectivity index (χ3v) is 3.94. The zero-order valence-electron chi connectivity index (χ0n) is 12.9. The predicted molar refractivity (Wildman–Crippen MR) is 82.4 cm³/mol. The fourth-order valence-corrected chi connectivity index (χ4v) is 2.86. The number of nitrogens with zero attached hydrogens (tertiary/aromatic N) is 1. The maximum absolute atomic E-state index is 12.5. The third-order valence-electron chi connectivity index (χ3n) is 3.94. The van der Waals surface area contributed by atoms with Crippen LogP contribution in [0.25, 0.3) is 0 Å². The van der Waals surface area contributed by atoms with E-state index in [1.165, 1.54) is 11.1 Å². The minimum absolute atomic E-state index is 0.0117. The van der Waals surface area contributed by atoms with Gasteiger partial charge in [0.05, 0.1) is 6.04 Å². The Morgan fingerprint density at radius 1 is 1.25 bits per heavy atom. The second-order valence-corrected chi connectivity index (χ2v) is 5.71. The molecule has 1 aliphatic heterocycles. The lowest BCUT2D eigenvalue weighted by Crippen LogP contribution is -2.32. The van der Waals surface area contributed by atoms with Crippen LogP contribution < -0.4 is 5.32 Å². The van der Waals surface area contributed by atoms with E-state index in [9.17, 15) is 4.79 Å². The zero-order valence-corrected chi connectivity index (χ0v) is 12.9. The standard InChI is InChI=1S/C17H26N2O/c1-4-6-11-19-16(14-10-7-9-13(3)12-14)18-15(8-5-2)17(19)20/h7,9-10,12,15-16,18H,4-6,8,11H2,1-3H3. The van der Waals surface area contributed by atoms with Gasteiger partial charge in [-0.3, -0.25) is 10.1 Å². The Bertz CT molecular complexity index is 458. The van der Waals surface area contributed by atoms with E-state index in [0.29, 0.717) is 0 Å². The van der Waals surface area contributed by atoms with E-state index >= 15 is 0 Å². The molecule has 1 heterocycles. The van der Waals surface area contributed by atoms with Crippen LogP contribution in [0.5, 0.6) is 0 Å². The van der Waals surface area contributed by atoms with E-state index in [1.807, 2.05) is 4.90 Å². The van der Waals surface area contributed by atoms with Crippen LogP contribution in [0.4, 0.5) is 0 Å². The summed E-state index contributed by atoms with van der Waals surface area (Å²) in [4.78, 5) is 14.6. The van der Waals surface area contributed by atoms with Gasteiger partial charge in [-0.15, -0.1) is 0 Å². The van der Waals surface area contributed by atoms with Crippen molar-refractivity contribution in [2.45, 2.75) is 58.7 Å². The topological polar surface area (TPSA) is 32.3 Å². The first-order chi connectivity index (χ1) is 9.67. The number of unbranched alkanes of at least 4 members (excludes halogenated alkanes) is 1. The summed E-state index contributed by atoms with van der Waals surface area (Å²) in [7, 11) is 0. The first-order valence-electron chi connectivity index (χ1n) is 7.80. The number of hydrogen-bond acceptors (Lipinski definition) is 2. The van der Waals surface area contributed by atoms with Gasteiger partial charge in [0.2, 0.25) is 5.91 Å². The largest absolute Gasteiger partial charge is 0.322 e. The van der Waals surface area contributed by atoms with Crippen molar-refractivity contribution in [1.82, 2.24) is 10.2 Å². The van der Waals surface area contributed by atoms with Crippen LogP contribution in [0.1, 0.15) is 56.8 Å². The van der Waals surface area contributed by atoms with Gasteiger partial charge < -0.3 is 4.90 Å². The van der Waals surface area contributed by atoms with Gasteiger partial charge in [-0.05, 0) is 25.3 Å². The lowest BCUT2D eigenvalue weighted by atomic mass is 10.1. The SMILES string of the molecule is CCCCN1C(=O)C(CCC)NC1c1cccc(C)c1. The monoisotopic (exact) mass is 274 g/mol. The number of nitrogens with one attached hydrogen (secondary N) is 1. The van der Waals surface area contributed by atoms with Crippen molar-refractivity contribution < 1.29 is 4.79 Å². The molecule has 1 amide bonds. The summed E-state index contributed by atoms with van der Waals surface area (Å²) in [5.41, 5.74) is 2.44. The molecule has 110 valence electrons. The van der Waals surface area contributed by atoms with E-state index in [4.69, 9.17) is 0 Å². The fraction of sp³-hybridized carbons (Fsp3) is 0.588. The molecule has 20 heavy (non-hydrogen) atoms. The second kappa shape index (κ2) is 6.89. The average molecular weight is 274 g/mol. The Kier molecular flexibility index (Phi) is 5.18. The van der Waals surface area contributed by atoms with E-state index in [1.54, 1.807) is 0 Å². The summed E-state index contributed by atoms with van der Waals surface area (Å²) in [5.74, 6) is 0.270. The molecule has 2 rings (SSSR count). The Morgan fingerprint density at radius 2 is 2.05 bits per heavy atom. The van der Waals surface area contributed by atoms with Crippen molar-refractivity contribution in [3.63, 3.8) is 0 Å². The first kappa shape index (κ1) is 15.0. The second-order valence-electron chi connectivity index (χ2n) is 5.71. The highest BCUT2D eigenvalue weighted by Crippen LogP contribution is 2.27. The normalized spacial score (nSPS) is 22.6. The number of amides is 1. The molecule has 0 spiro atoms. The third kappa shape index (κ3) is 3.21. The van der Waals surface area contributed by atoms with E-state index < -0.39 is 0 Å². The van der Waals surface area contributed by atoms with Gasteiger partial charge in [-0.25, -0.2) is 0 Å². The lowest BCUT2D eigenvalue weighted by Gasteiger charge is -2.24. The smallest absolute Gasteiger partial charge is 0.241 e. The number of rotatable bonds is 6. The van der Waals surface area contributed by atoms with Crippen LogP contribution in [0.15, 0.2) is 24.3 Å². The van der Waals surface area contributed by atoms with Crippen molar-refractivity contribution in [1.29, 1.82) is 0 Å². The van der Waals surface area contributed by atoms with Gasteiger partial charge in [0.15, 0.2) is 0 Å². The van der Waals surface area contributed by atoms with E-state index in [0.717, 1.165) is 32.2 Å². The van der Waals surface area contributed by atoms with Gasteiger partial charge >= 0.3 is 0 Å². The highest BCUT2D eigenvalue weighted by atomic mass is 16.2. The molecule has 1 saturated heterocycles. The number of carbonyl (C=O) groups is 1. The van der Waals surface area contributed by atoms with Crippen LogP contribution in [0.3, 0.4) is 0 Å². The number of hydrogen-bond donors (Lipinski definition) is 1. The molecule has 1 aliphatic rings. The minimum atomic E-state index is -0.0117. The molecule has 1 aromatic carbocycles. The Balaban J connectivity index is 2.21. The molecule has 0 bridgehead atoms. The van der Waals surface area contributed by atoms with Gasteiger partial charge in [0, 0.05) is 6.54 Å². The molecule has 0 saturated carbocycles. The van der Waals surface area contributed by atoms with Crippen LogP contribution in [-0.4, -0.2) is 23.4 Å². The maximum atomic E-state index is 12.5. The molecule has 2 atom stereocenters. The van der Waals surface area contributed by atoms with Gasteiger partial charge in [-0.1, -0.05) is 56.5 Å². The molecule has 1 fully saturated rings. The first-order valence-corrected chi connectivity index (χ1v) is 7.80. The maximum Gasteiger partial charge on any atom is 0.241 e. The molecule has 1 aromatic rings. The molecule has 2 unspecified atom stereocenters. The Labute approximate surface area is 122 Å². The minimum Gasteiger partial charge on any atom is -0.322 e. The Morgan fingerprint density at radius 3 is 2.70 bits per heavy atom. The highest BCUT2D eigenvalue weighted by molar-refractivity contribution is 5.84. The fourth-order valence-electron chi connectivity index (χ4n) is 2.86. The summed E-state index contributed by atoms with van der Waals surface area (Å²) in [6.07, 6.45) is 4.18. The van der Waals surface area contributed by atoms with Crippen molar-refractivity contribution in [2.24, 2.45) is 0 Å². The molecule has 3 nitrogen and oxygen atoms in total. The molecule has 0 radical (unpaired) electrons. The summed E-state index contributed by atoms with van der Waals surface area (Å²) in [6, 6.07) is 8.45. The molecule has 1 N–H and O–H groups in total. The molecule has 0 aliphatic carbocycles. The Hall–Kier alpha value is -1.35. The molecular formula is C17H26N2O. The summed E-state index contributed by atoms with van der Waals surface area (Å²) in [5, 5.41) is 3.52. The predicted octanol–water partition coefficient (Wildman–Crippen LogP) is 3.39. The van der Waals surface area contributed by atoms with Crippen molar-refractivity contribution >= 4 is 5.91 Å². The average Bonchev–Trinajstić information content (AvgIpc) is 2.74. The van der Waals surface area contributed by atoms with Crippen LogP contribution >= 0.6 is 0 Å². The van der Waals surface area contributed by atoms with Gasteiger partial charge in [-0.2, -0.15) is 0 Å². The van der Waals surface area contributed by atoms with Crippen LogP contribution in [0.2, 0.25) is 0 Å². The summed E-state index contributed by atoms with van der Waals surface area (Å²) >= 11 is 0. The number of benzene rings is 1.